The summed E-state index contributed by atoms with van der Waals surface area (Å²) in [7, 11) is 0. The predicted molar refractivity (Wildman–Crippen MR) is 48.9 cm³/mol. The molecule has 2 bridgehead atoms. The SMILES string of the molecule is C=COC1=CC2CC1C1COC(=O)C21. The molecule has 3 nitrogen and oxygen atoms in total. The van der Waals surface area contributed by atoms with Crippen LogP contribution in [0.3, 0.4) is 0 Å². The van der Waals surface area contributed by atoms with E-state index in [2.05, 4.69) is 12.7 Å². The number of ether oxygens (including phenoxy) is 2. The molecule has 4 atom stereocenters. The Morgan fingerprint density at radius 2 is 2.50 bits per heavy atom. The lowest BCUT2D eigenvalue weighted by Gasteiger charge is -2.20. The first-order valence-electron chi connectivity index (χ1n) is 4.97. The van der Waals surface area contributed by atoms with Gasteiger partial charge in [-0.1, -0.05) is 6.58 Å². The maximum Gasteiger partial charge on any atom is 0.309 e. The molecule has 1 aliphatic heterocycles. The van der Waals surface area contributed by atoms with E-state index < -0.39 is 0 Å². The zero-order valence-corrected chi connectivity index (χ0v) is 7.81. The largest absolute Gasteiger partial charge is 0.470 e. The summed E-state index contributed by atoms with van der Waals surface area (Å²) >= 11 is 0. The molecule has 0 aromatic heterocycles. The number of cyclic esters (lactones) is 1. The number of rotatable bonds is 2. The molecule has 0 N–H and O–H groups in total. The number of hydrogen-bond donors (Lipinski definition) is 0. The van der Waals surface area contributed by atoms with Gasteiger partial charge < -0.3 is 9.47 Å². The minimum absolute atomic E-state index is 0.0172. The molecule has 0 amide bonds. The highest BCUT2D eigenvalue weighted by Gasteiger charge is 2.56. The van der Waals surface area contributed by atoms with Crippen molar-refractivity contribution in [1.82, 2.24) is 0 Å². The number of carbonyl (C=O) groups is 1. The van der Waals surface area contributed by atoms with Crippen LogP contribution in [0, 0.1) is 23.7 Å². The fraction of sp³-hybridized carbons (Fsp3) is 0.545. The molecule has 2 aliphatic carbocycles. The van der Waals surface area contributed by atoms with Crippen LogP contribution in [-0.2, 0) is 14.3 Å². The third-order valence-corrected chi connectivity index (χ3v) is 3.62. The minimum atomic E-state index is -0.0172. The lowest BCUT2D eigenvalue weighted by molar-refractivity contribution is -0.142. The molecular formula is C11H12O3. The van der Waals surface area contributed by atoms with E-state index in [0.717, 1.165) is 12.2 Å². The van der Waals surface area contributed by atoms with E-state index in [-0.39, 0.29) is 11.9 Å². The quantitative estimate of drug-likeness (QED) is 0.491. The van der Waals surface area contributed by atoms with Crippen molar-refractivity contribution in [2.75, 3.05) is 6.61 Å². The Balaban J connectivity index is 1.90. The topological polar surface area (TPSA) is 35.5 Å². The summed E-state index contributed by atoms with van der Waals surface area (Å²) in [5.74, 6) is 2.16. The standard InChI is InChI=1S/C11H12O3/c1-2-13-9-4-6-3-7(9)8-5-14-11(12)10(6)8/h2,4,6-8,10H,1,3,5H2. The van der Waals surface area contributed by atoms with E-state index in [1.165, 1.54) is 6.26 Å². The molecule has 0 aromatic rings. The van der Waals surface area contributed by atoms with Gasteiger partial charge in [0.15, 0.2) is 0 Å². The second-order valence-electron chi connectivity index (χ2n) is 4.18. The fourth-order valence-corrected chi connectivity index (χ4v) is 3.08. The van der Waals surface area contributed by atoms with Crippen LogP contribution in [0.15, 0.2) is 24.7 Å². The van der Waals surface area contributed by atoms with Gasteiger partial charge in [0.25, 0.3) is 0 Å². The highest BCUT2D eigenvalue weighted by Crippen LogP contribution is 2.54. The molecule has 0 radical (unpaired) electrons. The molecule has 1 saturated heterocycles. The van der Waals surface area contributed by atoms with E-state index in [1.54, 1.807) is 0 Å². The number of hydrogen-bond acceptors (Lipinski definition) is 3. The van der Waals surface area contributed by atoms with Crippen LogP contribution in [0.5, 0.6) is 0 Å². The smallest absolute Gasteiger partial charge is 0.309 e. The first-order chi connectivity index (χ1) is 6.81. The van der Waals surface area contributed by atoms with Crippen LogP contribution >= 0.6 is 0 Å². The van der Waals surface area contributed by atoms with Gasteiger partial charge in [-0.15, -0.1) is 0 Å². The Kier molecular flexibility index (Phi) is 1.52. The van der Waals surface area contributed by atoms with Gasteiger partial charge >= 0.3 is 5.97 Å². The van der Waals surface area contributed by atoms with Gasteiger partial charge in [-0.2, -0.15) is 0 Å². The second-order valence-corrected chi connectivity index (χ2v) is 4.18. The Morgan fingerprint density at radius 1 is 1.64 bits per heavy atom. The van der Waals surface area contributed by atoms with E-state index in [1.807, 2.05) is 0 Å². The third-order valence-electron chi connectivity index (χ3n) is 3.62. The van der Waals surface area contributed by atoms with E-state index in [9.17, 15) is 4.79 Å². The molecule has 3 heteroatoms. The van der Waals surface area contributed by atoms with Gasteiger partial charge in [0.2, 0.25) is 0 Å². The first kappa shape index (κ1) is 8.09. The van der Waals surface area contributed by atoms with Crippen molar-refractivity contribution in [3.05, 3.63) is 24.7 Å². The predicted octanol–water partition coefficient (Wildman–Crippen LogP) is 1.47. The average molecular weight is 192 g/mol. The van der Waals surface area contributed by atoms with Crippen molar-refractivity contribution in [3.63, 3.8) is 0 Å². The Morgan fingerprint density at radius 3 is 3.29 bits per heavy atom. The normalized spacial score (nSPS) is 43.1. The van der Waals surface area contributed by atoms with Crippen LogP contribution < -0.4 is 0 Å². The molecule has 0 spiro atoms. The summed E-state index contributed by atoms with van der Waals surface area (Å²) in [4.78, 5) is 11.4. The molecule has 14 heavy (non-hydrogen) atoms. The summed E-state index contributed by atoms with van der Waals surface area (Å²) < 4.78 is 10.4. The van der Waals surface area contributed by atoms with Gasteiger partial charge in [0.05, 0.1) is 18.8 Å². The molecular weight excluding hydrogens is 180 g/mol. The second kappa shape index (κ2) is 2.62. The molecule has 4 unspecified atom stereocenters. The van der Waals surface area contributed by atoms with E-state index in [4.69, 9.17) is 9.47 Å². The van der Waals surface area contributed by atoms with Gasteiger partial charge in [0.1, 0.15) is 5.76 Å². The molecule has 1 saturated carbocycles. The minimum Gasteiger partial charge on any atom is -0.470 e. The fourth-order valence-electron chi connectivity index (χ4n) is 3.08. The van der Waals surface area contributed by atoms with E-state index >= 15 is 0 Å². The highest BCUT2D eigenvalue weighted by molar-refractivity contribution is 5.76. The molecule has 1 heterocycles. The van der Waals surface area contributed by atoms with Gasteiger partial charge in [-0.25, -0.2) is 0 Å². The van der Waals surface area contributed by atoms with Crippen molar-refractivity contribution in [2.45, 2.75) is 6.42 Å². The summed E-state index contributed by atoms with van der Waals surface area (Å²) in [6, 6.07) is 0. The van der Waals surface area contributed by atoms with Crippen LogP contribution in [0.1, 0.15) is 6.42 Å². The average Bonchev–Trinajstić information content (AvgIpc) is 2.78. The number of esters is 1. The Hall–Kier alpha value is -1.25. The lowest BCUT2D eigenvalue weighted by atomic mass is 9.85. The molecule has 0 aromatic carbocycles. The van der Waals surface area contributed by atoms with Crippen molar-refractivity contribution in [1.29, 1.82) is 0 Å². The molecule has 2 fully saturated rings. The van der Waals surface area contributed by atoms with Crippen LogP contribution in [0.4, 0.5) is 0 Å². The van der Waals surface area contributed by atoms with Crippen LogP contribution in [0.2, 0.25) is 0 Å². The zero-order chi connectivity index (χ0) is 9.71. The van der Waals surface area contributed by atoms with Crippen molar-refractivity contribution in [3.8, 4) is 0 Å². The van der Waals surface area contributed by atoms with Crippen molar-refractivity contribution in [2.24, 2.45) is 23.7 Å². The Labute approximate surface area is 82.4 Å². The zero-order valence-electron chi connectivity index (χ0n) is 7.81. The first-order valence-corrected chi connectivity index (χ1v) is 4.97. The monoisotopic (exact) mass is 192 g/mol. The van der Waals surface area contributed by atoms with Crippen LogP contribution in [0.25, 0.3) is 0 Å². The third kappa shape index (κ3) is 0.846. The number of allylic oxidation sites excluding steroid dienone is 2. The van der Waals surface area contributed by atoms with Crippen molar-refractivity contribution >= 4 is 5.97 Å². The Bertz CT molecular complexity index is 331. The van der Waals surface area contributed by atoms with E-state index in [0.29, 0.717) is 24.4 Å². The van der Waals surface area contributed by atoms with Gasteiger partial charge in [-0.05, 0) is 18.4 Å². The van der Waals surface area contributed by atoms with Crippen molar-refractivity contribution < 1.29 is 14.3 Å². The number of carbonyl (C=O) groups excluding carboxylic acids is 1. The molecule has 3 rings (SSSR count). The number of fused-ring (bicyclic) bond motifs is 5. The van der Waals surface area contributed by atoms with Gasteiger partial charge in [-0.3, -0.25) is 4.79 Å². The highest BCUT2D eigenvalue weighted by atomic mass is 16.5. The summed E-state index contributed by atoms with van der Waals surface area (Å²) in [6.45, 7) is 4.12. The van der Waals surface area contributed by atoms with Crippen LogP contribution in [-0.4, -0.2) is 12.6 Å². The lowest BCUT2D eigenvalue weighted by Crippen LogP contribution is -2.22. The van der Waals surface area contributed by atoms with Gasteiger partial charge in [0, 0.05) is 11.8 Å². The maximum atomic E-state index is 11.4. The molecule has 3 aliphatic rings. The summed E-state index contributed by atoms with van der Waals surface area (Å²) in [5, 5.41) is 0. The maximum absolute atomic E-state index is 11.4. The summed E-state index contributed by atoms with van der Waals surface area (Å²) in [5.41, 5.74) is 0. The molecule has 74 valence electrons. The summed E-state index contributed by atoms with van der Waals surface area (Å²) in [6.07, 6.45) is 4.58.